The Labute approximate surface area is 151 Å². The fourth-order valence-corrected chi connectivity index (χ4v) is 4.68. The van der Waals surface area contributed by atoms with Gasteiger partial charge >= 0.3 is 0 Å². The van der Waals surface area contributed by atoms with E-state index in [1.165, 1.54) is 19.2 Å². The second-order valence-electron chi connectivity index (χ2n) is 6.15. The van der Waals surface area contributed by atoms with E-state index in [4.69, 9.17) is 4.74 Å². The molecular formula is C18H20F2N2O3S. The molecule has 2 aromatic rings. The van der Waals surface area contributed by atoms with Crippen LogP contribution < -0.4 is 14.8 Å². The van der Waals surface area contributed by atoms with Crippen molar-refractivity contribution in [3.8, 4) is 5.75 Å². The molecule has 2 unspecified atom stereocenters. The minimum absolute atomic E-state index is 0.0390. The molecule has 140 valence electrons. The van der Waals surface area contributed by atoms with Crippen LogP contribution in [0.5, 0.6) is 5.75 Å². The number of nitrogens with one attached hydrogen (secondary N) is 2. The SMILES string of the molecule is COc1ccccc1S(=O)(=O)NC1CNCCC1c1ccc(F)c(F)c1. The molecule has 2 aromatic carbocycles. The molecule has 1 aliphatic heterocycles. The maximum absolute atomic E-state index is 13.6. The van der Waals surface area contributed by atoms with Crippen molar-refractivity contribution >= 4 is 10.0 Å². The molecule has 5 nitrogen and oxygen atoms in total. The third kappa shape index (κ3) is 3.87. The van der Waals surface area contributed by atoms with Crippen molar-refractivity contribution < 1.29 is 21.9 Å². The van der Waals surface area contributed by atoms with Gasteiger partial charge in [-0.15, -0.1) is 0 Å². The minimum Gasteiger partial charge on any atom is -0.495 e. The van der Waals surface area contributed by atoms with Crippen molar-refractivity contribution in [1.82, 2.24) is 10.0 Å². The Bertz CT molecular complexity index is 890. The van der Waals surface area contributed by atoms with Gasteiger partial charge in [-0.3, -0.25) is 0 Å². The van der Waals surface area contributed by atoms with Crippen LogP contribution in [0.4, 0.5) is 8.78 Å². The first kappa shape index (κ1) is 18.8. The molecule has 0 aliphatic carbocycles. The Morgan fingerprint density at radius 2 is 1.92 bits per heavy atom. The Balaban J connectivity index is 1.89. The predicted octanol–water partition coefficient (Wildman–Crippen LogP) is 2.40. The zero-order valence-corrected chi connectivity index (χ0v) is 15.0. The van der Waals surface area contributed by atoms with Gasteiger partial charge in [0.2, 0.25) is 10.0 Å². The first-order valence-corrected chi connectivity index (χ1v) is 9.71. The summed E-state index contributed by atoms with van der Waals surface area (Å²) in [5.74, 6) is -1.88. The van der Waals surface area contributed by atoms with E-state index in [0.717, 1.165) is 12.1 Å². The third-order valence-corrected chi connectivity index (χ3v) is 6.05. The van der Waals surface area contributed by atoms with E-state index in [-0.39, 0.29) is 16.6 Å². The van der Waals surface area contributed by atoms with Gasteiger partial charge in [0.25, 0.3) is 0 Å². The highest BCUT2D eigenvalue weighted by molar-refractivity contribution is 7.89. The van der Waals surface area contributed by atoms with E-state index in [9.17, 15) is 17.2 Å². The topological polar surface area (TPSA) is 67.4 Å². The Kier molecular flexibility index (Phi) is 5.55. The Morgan fingerprint density at radius 1 is 1.15 bits per heavy atom. The van der Waals surface area contributed by atoms with Crippen molar-refractivity contribution in [3.63, 3.8) is 0 Å². The van der Waals surface area contributed by atoms with Gasteiger partial charge in [0.05, 0.1) is 7.11 Å². The lowest BCUT2D eigenvalue weighted by Crippen LogP contribution is -2.49. The molecule has 0 amide bonds. The molecule has 3 rings (SSSR count). The highest BCUT2D eigenvalue weighted by Gasteiger charge is 2.32. The lowest BCUT2D eigenvalue weighted by Gasteiger charge is -2.33. The summed E-state index contributed by atoms with van der Waals surface area (Å²) in [7, 11) is -2.44. The summed E-state index contributed by atoms with van der Waals surface area (Å²) in [5, 5.41) is 3.14. The van der Waals surface area contributed by atoms with Gasteiger partial charge in [0, 0.05) is 18.5 Å². The van der Waals surface area contributed by atoms with Gasteiger partial charge in [-0.2, -0.15) is 0 Å². The summed E-state index contributed by atoms with van der Waals surface area (Å²) in [4.78, 5) is 0.0390. The first-order valence-electron chi connectivity index (χ1n) is 8.23. The van der Waals surface area contributed by atoms with Crippen LogP contribution in [0.25, 0.3) is 0 Å². The average molecular weight is 382 g/mol. The second-order valence-corrected chi connectivity index (χ2v) is 7.83. The normalized spacial score (nSPS) is 20.7. The van der Waals surface area contributed by atoms with Gasteiger partial charge in [-0.1, -0.05) is 18.2 Å². The van der Waals surface area contributed by atoms with Crippen LogP contribution in [0.2, 0.25) is 0 Å². The van der Waals surface area contributed by atoms with Crippen LogP contribution in [0.3, 0.4) is 0 Å². The maximum atomic E-state index is 13.6. The molecule has 1 fully saturated rings. The monoisotopic (exact) mass is 382 g/mol. The summed E-state index contributed by atoms with van der Waals surface area (Å²) < 4.78 is 60.3. The predicted molar refractivity (Wildman–Crippen MR) is 93.7 cm³/mol. The average Bonchev–Trinajstić information content (AvgIpc) is 2.64. The van der Waals surface area contributed by atoms with Crippen LogP contribution in [0.15, 0.2) is 47.4 Å². The molecule has 0 bridgehead atoms. The second kappa shape index (κ2) is 7.69. The molecule has 0 aromatic heterocycles. The summed E-state index contributed by atoms with van der Waals surface area (Å²) >= 11 is 0. The van der Waals surface area contributed by atoms with E-state index in [1.807, 2.05) is 0 Å². The number of rotatable bonds is 5. The summed E-state index contributed by atoms with van der Waals surface area (Å²) in [6, 6.07) is 9.54. The van der Waals surface area contributed by atoms with Gasteiger partial charge in [0.1, 0.15) is 10.6 Å². The van der Waals surface area contributed by atoms with E-state index in [1.54, 1.807) is 18.2 Å². The van der Waals surface area contributed by atoms with Gasteiger partial charge in [-0.05, 0) is 42.8 Å². The van der Waals surface area contributed by atoms with Gasteiger partial charge in [0.15, 0.2) is 11.6 Å². The first-order chi connectivity index (χ1) is 12.4. The number of piperidine rings is 1. The van der Waals surface area contributed by atoms with E-state index >= 15 is 0 Å². The van der Waals surface area contributed by atoms with Crippen molar-refractivity contribution in [3.05, 3.63) is 59.7 Å². The minimum atomic E-state index is -3.84. The highest BCUT2D eigenvalue weighted by Crippen LogP contribution is 2.29. The standard InChI is InChI=1S/C18H20F2N2O3S/c1-25-17-4-2-3-5-18(17)26(23,24)22-16-11-21-9-8-13(16)12-6-7-14(19)15(20)10-12/h2-7,10,13,16,21-22H,8-9,11H2,1H3. The number of sulfonamides is 1. The largest absolute Gasteiger partial charge is 0.495 e. The lowest BCUT2D eigenvalue weighted by molar-refractivity contribution is 0.374. The molecule has 2 N–H and O–H groups in total. The molecule has 1 saturated heterocycles. The molecule has 2 atom stereocenters. The molecule has 0 spiro atoms. The van der Waals surface area contributed by atoms with Gasteiger partial charge < -0.3 is 10.1 Å². The molecule has 8 heteroatoms. The van der Waals surface area contributed by atoms with Crippen LogP contribution in [-0.2, 0) is 10.0 Å². The summed E-state index contributed by atoms with van der Waals surface area (Å²) in [5.41, 5.74) is 0.568. The zero-order valence-electron chi connectivity index (χ0n) is 14.2. The van der Waals surface area contributed by atoms with Crippen LogP contribution in [-0.4, -0.2) is 34.7 Å². The van der Waals surface area contributed by atoms with Crippen molar-refractivity contribution in [1.29, 1.82) is 0 Å². The lowest BCUT2D eigenvalue weighted by atomic mass is 9.86. The smallest absolute Gasteiger partial charge is 0.244 e. The fraction of sp³-hybridized carbons (Fsp3) is 0.333. The van der Waals surface area contributed by atoms with E-state index in [2.05, 4.69) is 10.0 Å². The van der Waals surface area contributed by atoms with Crippen molar-refractivity contribution in [2.24, 2.45) is 0 Å². The molecule has 26 heavy (non-hydrogen) atoms. The number of hydrogen-bond acceptors (Lipinski definition) is 4. The molecule has 1 aliphatic rings. The number of halogens is 2. The third-order valence-electron chi connectivity index (χ3n) is 4.52. The van der Waals surface area contributed by atoms with Crippen molar-refractivity contribution in [2.75, 3.05) is 20.2 Å². The molecule has 1 heterocycles. The number of benzene rings is 2. The number of para-hydroxylation sites is 1. The number of hydrogen-bond donors (Lipinski definition) is 2. The Morgan fingerprint density at radius 3 is 2.65 bits per heavy atom. The van der Waals surface area contributed by atoms with Crippen molar-refractivity contribution in [2.45, 2.75) is 23.3 Å². The maximum Gasteiger partial charge on any atom is 0.244 e. The Hall–Kier alpha value is -2.03. The zero-order chi connectivity index (χ0) is 18.7. The van der Waals surface area contributed by atoms with Crippen LogP contribution in [0, 0.1) is 11.6 Å². The van der Waals surface area contributed by atoms with E-state index < -0.39 is 27.7 Å². The number of methoxy groups -OCH3 is 1. The van der Waals surface area contributed by atoms with E-state index in [0.29, 0.717) is 25.1 Å². The molecule has 0 saturated carbocycles. The fourth-order valence-electron chi connectivity index (χ4n) is 3.23. The quantitative estimate of drug-likeness (QED) is 0.833. The van der Waals surface area contributed by atoms with Crippen LogP contribution in [0.1, 0.15) is 17.9 Å². The highest BCUT2D eigenvalue weighted by atomic mass is 32.2. The van der Waals surface area contributed by atoms with Crippen LogP contribution >= 0.6 is 0 Å². The van der Waals surface area contributed by atoms with Gasteiger partial charge in [-0.25, -0.2) is 21.9 Å². The molecular weight excluding hydrogens is 362 g/mol. The summed E-state index contributed by atoms with van der Waals surface area (Å²) in [6.45, 7) is 1.05. The summed E-state index contributed by atoms with van der Waals surface area (Å²) in [6.07, 6.45) is 0.601. The molecule has 0 radical (unpaired) electrons. The number of ether oxygens (including phenoxy) is 1.